The summed E-state index contributed by atoms with van der Waals surface area (Å²) in [4.78, 5) is 15.6. The predicted molar refractivity (Wildman–Crippen MR) is 75.3 cm³/mol. The fourth-order valence-corrected chi connectivity index (χ4v) is 2.25. The number of carboxylic acid groups (broad SMARTS) is 1. The van der Waals surface area contributed by atoms with Crippen LogP contribution >= 0.6 is 0 Å². The van der Waals surface area contributed by atoms with Crippen LogP contribution < -0.4 is 0 Å². The first-order valence-corrected chi connectivity index (χ1v) is 6.83. The summed E-state index contributed by atoms with van der Waals surface area (Å²) in [5.41, 5.74) is 0.403. The van der Waals surface area contributed by atoms with Crippen molar-refractivity contribution in [2.45, 2.75) is 32.7 Å². The molecule has 0 saturated carbocycles. The molecule has 112 valence electrons. The molecular formula is C15H18FN3O2. The van der Waals surface area contributed by atoms with E-state index in [2.05, 4.69) is 10.1 Å². The lowest BCUT2D eigenvalue weighted by molar-refractivity contribution is -0.141. The van der Waals surface area contributed by atoms with Crippen molar-refractivity contribution in [3.05, 3.63) is 47.8 Å². The van der Waals surface area contributed by atoms with E-state index in [9.17, 15) is 14.3 Å². The summed E-state index contributed by atoms with van der Waals surface area (Å²) in [5.74, 6) is -1.47. The maximum absolute atomic E-state index is 13.7. The summed E-state index contributed by atoms with van der Waals surface area (Å²) >= 11 is 0. The molecule has 1 aromatic carbocycles. The third-order valence-electron chi connectivity index (χ3n) is 3.34. The molecule has 1 N–H and O–H groups in total. The Balaban J connectivity index is 2.19. The Labute approximate surface area is 122 Å². The molecule has 0 spiro atoms. The molecule has 2 aromatic rings. The van der Waals surface area contributed by atoms with Gasteiger partial charge in [-0.25, -0.2) is 14.1 Å². The van der Waals surface area contributed by atoms with E-state index >= 15 is 0 Å². The fourth-order valence-electron chi connectivity index (χ4n) is 2.25. The molecule has 0 fully saturated rings. The van der Waals surface area contributed by atoms with Crippen molar-refractivity contribution in [1.29, 1.82) is 0 Å². The Bertz CT molecular complexity index is 625. The molecule has 1 atom stereocenters. The van der Waals surface area contributed by atoms with Crippen LogP contribution in [0.3, 0.4) is 0 Å². The highest BCUT2D eigenvalue weighted by Crippen LogP contribution is 2.18. The zero-order valence-corrected chi connectivity index (χ0v) is 12.0. The summed E-state index contributed by atoms with van der Waals surface area (Å²) < 4.78 is 15.4. The van der Waals surface area contributed by atoms with Crippen molar-refractivity contribution < 1.29 is 14.3 Å². The van der Waals surface area contributed by atoms with E-state index in [4.69, 9.17) is 0 Å². The van der Waals surface area contributed by atoms with Crippen molar-refractivity contribution >= 4 is 5.97 Å². The van der Waals surface area contributed by atoms with Crippen molar-refractivity contribution in [2.24, 2.45) is 5.92 Å². The number of benzene rings is 1. The van der Waals surface area contributed by atoms with E-state index in [-0.39, 0.29) is 24.7 Å². The highest BCUT2D eigenvalue weighted by Gasteiger charge is 2.23. The Morgan fingerprint density at radius 3 is 2.67 bits per heavy atom. The molecule has 0 aliphatic carbocycles. The van der Waals surface area contributed by atoms with Crippen LogP contribution in [-0.4, -0.2) is 25.8 Å². The number of aliphatic carboxylic acids is 1. The monoisotopic (exact) mass is 291 g/mol. The van der Waals surface area contributed by atoms with Gasteiger partial charge in [-0.1, -0.05) is 18.2 Å². The van der Waals surface area contributed by atoms with Gasteiger partial charge < -0.3 is 5.11 Å². The smallest absolute Gasteiger partial charge is 0.307 e. The highest BCUT2D eigenvalue weighted by molar-refractivity contribution is 5.70. The molecule has 21 heavy (non-hydrogen) atoms. The number of carboxylic acids is 1. The standard InChI is InChI=1S/C15H18FN3O2/c1-10(2)19-14(17-9-18-19)8-12(15(20)21)7-11-5-3-4-6-13(11)16/h3-6,9-10,12H,7-8H2,1-2H3,(H,20,21). The Hall–Kier alpha value is -2.24. The number of carbonyl (C=O) groups is 1. The molecule has 0 bridgehead atoms. The maximum Gasteiger partial charge on any atom is 0.307 e. The van der Waals surface area contributed by atoms with E-state index < -0.39 is 11.9 Å². The Kier molecular flexibility index (Phi) is 4.67. The van der Waals surface area contributed by atoms with E-state index in [0.717, 1.165) is 0 Å². The van der Waals surface area contributed by atoms with Gasteiger partial charge in [-0.3, -0.25) is 4.79 Å². The minimum Gasteiger partial charge on any atom is -0.481 e. The van der Waals surface area contributed by atoms with Crippen LogP contribution in [0.4, 0.5) is 4.39 Å². The number of rotatable bonds is 6. The molecular weight excluding hydrogens is 273 g/mol. The molecule has 6 heteroatoms. The van der Waals surface area contributed by atoms with Gasteiger partial charge >= 0.3 is 5.97 Å². The second-order valence-corrected chi connectivity index (χ2v) is 5.25. The van der Waals surface area contributed by atoms with Gasteiger partial charge in [-0.15, -0.1) is 0 Å². The van der Waals surface area contributed by atoms with Crippen LogP contribution in [0.5, 0.6) is 0 Å². The molecule has 1 aromatic heterocycles. The summed E-state index contributed by atoms with van der Waals surface area (Å²) in [6.45, 7) is 3.90. The zero-order valence-electron chi connectivity index (χ0n) is 12.0. The zero-order chi connectivity index (χ0) is 15.4. The minimum atomic E-state index is -0.962. The lowest BCUT2D eigenvalue weighted by Crippen LogP contribution is -2.22. The van der Waals surface area contributed by atoms with Crippen LogP contribution in [0.2, 0.25) is 0 Å². The first kappa shape index (κ1) is 15.2. The van der Waals surface area contributed by atoms with Gasteiger partial charge in [0.25, 0.3) is 0 Å². The van der Waals surface area contributed by atoms with Gasteiger partial charge in [-0.05, 0) is 31.9 Å². The van der Waals surface area contributed by atoms with E-state index in [1.807, 2.05) is 13.8 Å². The van der Waals surface area contributed by atoms with Crippen LogP contribution in [0.25, 0.3) is 0 Å². The third-order valence-corrected chi connectivity index (χ3v) is 3.34. The average Bonchev–Trinajstić information content (AvgIpc) is 2.88. The quantitative estimate of drug-likeness (QED) is 0.887. The van der Waals surface area contributed by atoms with Gasteiger partial charge in [0.15, 0.2) is 0 Å². The van der Waals surface area contributed by atoms with Gasteiger partial charge in [0.05, 0.1) is 5.92 Å². The third kappa shape index (κ3) is 3.65. The van der Waals surface area contributed by atoms with Crippen LogP contribution in [-0.2, 0) is 17.6 Å². The van der Waals surface area contributed by atoms with Crippen molar-refractivity contribution in [3.8, 4) is 0 Å². The van der Waals surface area contributed by atoms with Gasteiger partial charge in [-0.2, -0.15) is 5.10 Å². The summed E-state index contributed by atoms with van der Waals surface area (Å²) in [5, 5.41) is 13.5. The van der Waals surface area contributed by atoms with Crippen molar-refractivity contribution in [2.75, 3.05) is 0 Å². The van der Waals surface area contributed by atoms with Crippen LogP contribution in [0, 0.1) is 11.7 Å². The summed E-state index contributed by atoms with van der Waals surface area (Å²) in [6.07, 6.45) is 1.77. The number of halogens is 1. The van der Waals surface area contributed by atoms with Crippen molar-refractivity contribution in [1.82, 2.24) is 14.8 Å². The van der Waals surface area contributed by atoms with Gasteiger partial charge in [0.2, 0.25) is 0 Å². The number of nitrogens with zero attached hydrogens (tertiary/aromatic N) is 3. The van der Waals surface area contributed by atoms with Crippen molar-refractivity contribution in [3.63, 3.8) is 0 Å². The topological polar surface area (TPSA) is 68.0 Å². The van der Waals surface area contributed by atoms with Crippen LogP contribution in [0.15, 0.2) is 30.6 Å². The molecule has 0 amide bonds. The Morgan fingerprint density at radius 2 is 2.05 bits per heavy atom. The molecule has 5 nitrogen and oxygen atoms in total. The lowest BCUT2D eigenvalue weighted by Gasteiger charge is -2.15. The van der Waals surface area contributed by atoms with Gasteiger partial charge in [0, 0.05) is 12.5 Å². The maximum atomic E-state index is 13.7. The minimum absolute atomic E-state index is 0.102. The van der Waals surface area contributed by atoms with E-state index in [1.54, 1.807) is 22.9 Å². The van der Waals surface area contributed by atoms with E-state index in [0.29, 0.717) is 11.4 Å². The SMILES string of the molecule is CC(C)n1ncnc1CC(Cc1ccccc1F)C(=O)O. The molecule has 0 saturated heterocycles. The number of aromatic nitrogens is 3. The van der Waals surface area contributed by atoms with Gasteiger partial charge in [0.1, 0.15) is 18.0 Å². The normalized spacial score (nSPS) is 12.6. The number of hydrogen-bond acceptors (Lipinski definition) is 3. The molecule has 2 rings (SSSR count). The molecule has 0 aliphatic heterocycles. The molecule has 0 aliphatic rings. The lowest BCUT2D eigenvalue weighted by atomic mass is 9.95. The summed E-state index contributed by atoms with van der Waals surface area (Å²) in [6, 6.07) is 6.34. The predicted octanol–water partition coefficient (Wildman–Crippen LogP) is 2.48. The first-order valence-electron chi connectivity index (χ1n) is 6.83. The fraction of sp³-hybridized carbons (Fsp3) is 0.400. The summed E-state index contributed by atoms with van der Waals surface area (Å²) in [7, 11) is 0. The first-order chi connectivity index (χ1) is 9.99. The largest absolute Gasteiger partial charge is 0.481 e. The average molecular weight is 291 g/mol. The second-order valence-electron chi connectivity index (χ2n) is 5.25. The molecule has 0 radical (unpaired) electrons. The second kappa shape index (κ2) is 6.47. The molecule has 1 heterocycles. The van der Waals surface area contributed by atoms with Crippen LogP contribution in [0.1, 0.15) is 31.3 Å². The Morgan fingerprint density at radius 1 is 1.33 bits per heavy atom. The highest BCUT2D eigenvalue weighted by atomic mass is 19.1. The number of hydrogen-bond donors (Lipinski definition) is 1. The molecule has 1 unspecified atom stereocenters. The van der Waals surface area contributed by atoms with E-state index in [1.165, 1.54) is 12.4 Å².